The van der Waals surface area contributed by atoms with E-state index in [0.717, 1.165) is 78.6 Å². The highest BCUT2D eigenvalue weighted by atomic mass is 16.5. The van der Waals surface area contributed by atoms with Gasteiger partial charge in [0, 0.05) is 50.3 Å². The number of hydrogen-bond donors (Lipinski definition) is 1. The summed E-state index contributed by atoms with van der Waals surface area (Å²) in [5.41, 5.74) is 3.45. The number of benzene rings is 2. The van der Waals surface area contributed by atoms with E-state index in [9.17, 15) is 9.59 Å². The van der Waals surface area contributed by atoms with Crippen LogP contribution in [0, 0.1) is 23.2 Å². The second-order valence-electron chi connectivity index (χ2n) is 15.7. The van der Waals surface area contributed by atoms with Gasteiger partial charge in [-0.3, -0.25) is 14.5 Å². The summed E-state index contributed by atoms with van der Waals surface area (Å²) >= 11 is 0. The Bertz CT molecular complexity index is 1360. The summed E-state index contributed by atoms with van der Waals surface area (Å²) < 4.78 is 12.2. The van der Waals surface area contributed by atoms with Crippen molar-refractivity contribution in [1.29, 1.82) is 0 Å². The second kappa shape index (κ2) is 17.1. The number of unbranched alkanes of at least 4 members (excludes halogenated alkanes) is 5. The molecule has 0 atom stereocenters. The van der Waals surface area contributed by atoms with E-state index in [-0.39, 0.29) is 23.8 Å². The first-order valence-electron chi connectivity index (χ1n) is 19.3. The molecule has 0 spiro atoms. The number of nitrogens with one attached hydrogen (secondary N) is 1. The summed E-state index contributed by atoms with van der Waals surface area (Å²) in [5, 5.41) is 3.00. The highest BCUT2D eigenvalue weighted by molar-refractivity contribution is 5.85. The van der Waals surface area contributed by atoms with Crippen molar-refractivity contribution < 1.29 is 19.1 Å². The third kappa shape index (κ3) is 9.90. The first-order valence-corrected chi connectivity index (χ1v) is 19.3. The molecule has 7 rings (SSSR count). The van der Waals surface area contributed by atoms with Crippen LogP contribution in [0.2, 0.25) is 0 Å². The minimum absolute atomic E-state index is 0.0289. The second-order valence-corrected chi connectivity index (χ2v) is 15.7. The molecule has 1 N–H and O–H groups in total. The number of carbonyl (C=O) groups excluding carboxylic acids is 2. The van der Waals surface area contributed by atoms with Crippen molar-refractivity contribution in [3.8, 4) is 5.75 Å². The third-order valence-electron chi connectivity index (χ3n) is 11.7. The van der Waals surface area contributed by atoms with Gasteiger partial charge in [-0.2, -0.15) is 0 Å². The first kappa shape index (κ1) is 35.5. The number of amides is 2. The van der Waals surface area contributed by atoms with E-state index >= 15 is 0 Å². The van der Waals surface area contributed by atoms with Crippen molar-refractivity contribution >= 4 is 17.6 Å². The molecule has 2 amide bonds. The monoisotopic (exact) mass is 669 g/mol. The molecule has 1 aliphatic heterocycles. The Morgan fingerprint density at radius 1 is 0.857 bits per heavy atom. The van der Waals surface area contributed by atoms with E-state index in [2.05, 4.69) is 60.1 Å². The highest BCUT2D eigenvalue weighted by Gasteiger charge is 2.51. The Hall–Kier alpha value is -3.32. The Kier molecular flexibility index (Phi) is 12.4. The molecule has 1 heterocycles. The average molecular weight is 670 g/mol. The number of rotatable bonds is 18. The van der Waals surface area contributed by atoms with E-state index in [1.54, 1.807) is 0 Å². The molecule has 2 aromatic rings. The predicted octanol–water partition coefficient (Wildman–Crippen LogP) is 7.98. The van der Waals surface area contributed by atoms with Crippen LogP contribution in [0.1, 0.15) is 107 Å². The molecule has 5 fully saturated rings. The number of ether oxygens (including phenoxy) is 2. The maximum absolute atomic E-state index is 13.0. The normalized spacial score (nSPS) is 24.5. The van der Waals surface area contributed by atoms with Gasteiger partial charge >= 0.3 is 0 Å². The average Bonchev–Trinajstić information content (AvgIpc) is 3.09. The van der Waals surface area contributed by atoms with Gasteiger partial charge in [0.1, 0.15) is 18.1 Å². The quantitative estimate of drug-likeness (QED) is 0.129. The van der Waals surface area contributed by atoms with Crippen LogP contribution in [-0.2, 0) is 27.5 Å². The van der Waals surface area contributed by atoms with Crippen LogP contribution in [0.25, 0.3) is 5.76 Å². The Labute approximate surface area is 294 Å². The molecule has 49 heavy (non-hydrogen) atoms. The van der Waals surface area contributed by atoms with Gasteiger partial charge in [-0.1, -0.05) is 88.1 Å². The fraction of sp³-hybridized carbons (Fsp3) is 0.619. The number of nitrogens with zero attached hydrogens (tertiary/aromatic N) is 2. The lowest BCUT2D eigenvalue weighted by atomic mass is 9.49. The maximum atomic E-state index is 13.0. The molecule has 7 heteroatoms. The molecule has 4 saturated carbocycles. The zero-order valence-corrected chi connectivity index (χ0v) is 29.9. The molecule has 2 aromatic carbocycles. The molecule has 5 aliphatic rings. The molecule has 4 aliphatic carbocycles. The minimum atomic E-state index is 0.0289. The van der Waals surface area contributed by atoms with E-state index in [4.69, 9.17) is 9.47 Å². The van der Waals surface area contributed by atoms with Crippen molar-refractivity contribution in [1.82, 2.24) is 15.1 Å². The molecule has 4 bridgehead atoms. The summed E-state index contributed by atoms with van der Waals surface area (Å²) in [6, 6.07) is 16.5. The van der Waals surface area contributed by atoms with Crippen LogP contribution in [0.3, 0.4) is 0 Å². The molecule has 0 unspecified atom stereocenters. The minimum Gasteiger partial charge on any atom is -0.494 e. The largest absolute Gasteiger partial charge is 0.494 e. The van der Waals surface area contributed by atoms with Crippen LogP contribution < -0.4 is 10.1 Å². The van der Waals surface area contributed by atoms with Crippen molar-refractivity contribution in [2.75, 3.05) is 39.3 Å². The van der Waals surface area contributed by atoms with Gasteiger partial charge in [0.2, 0.25) is 11.8 Å². The van der Waals surface area contributed by atoms with Gasteiger partial charge in [-0.05, 0) is 79.7 Å². The summed E-state index contributed by atoms with van der Waals surface area (Å²) in [4.78, 5) is 30.3. The predicted molar refractivity (Wildman–Crippen MR) is 196 cm³/mol. The summed E-state index contributed by atoms with van der Waals surface area (Å²) in [6.07, 6.45) is 15.9. The van der Waals surface area contributed by atoms with Gasteiger partial charge in [0.05, 0.1) is 13.2 Å². The molecule has 266 valence electrons. The molecule has 7 nitrogen and oxygen atoms in total. The lowest BCUT2D eigenvalue weighted by Gasteiger charge is -2.56. The van der Waals surface area contributed by atoms with Gasteiger partial charge in [0.25, 0.3) is 0 Å². The summed E-state index contributed by atoms with van der Waals surface area (Å²) in [7, 11) is 0. The van der Waals surface area contributed by atoms with E-state index in [1.807, 2.05) is 17.0 Å². The third-order valence-corrected chi connectivity index (χ3v) is 11.7. The van der Waals surface area contributed by atoms with E-state index in [0.29, 0.717) is 26.1 Å². The Morgan fingerprint density at radius 3 is 2.20 bits per heavy atom. The standard InChI is InChI=1S/C42H59N3O4/c1-3-4-5-6-7-10-21-48-32(2)37-15-13-33(14-16-37)31-49-39-12-9-8-11-38(39)30-44-17-19-45(20-18-44)41(47)29-43-40(46)28-42-25-34-22-35(26-42)24-36(23-34)27-42/h8-9,11-16,34-36H,2-7,10,17-31H2,1H3,(H,43,46). The van der Waals surface area contributed by atoms with Gasteiger partial charge in [-0.15, -0.1) is 0 Å². The smallest absolute Gasteiger partial charge is 0.242 e. The van der Waals surface area contributed by atoms with Gasteiger partial charge < -0.3 is 19.7 Å². The SMILES string of the molecule is C=C(OCCCCCCCC)c1ccc(COc2ccccc2CN2CCN(C(=O)CNC(=O)CC34CC5CC(CC(C5)C3)C4)CC2)cc1. The van der Waals surface area contributed by atoms with Crippen LogP contribution >= 0.6 is 0 Å². The van der Waals surface area contributed by atoms with Crippen molar-refractivity contribution in [2.45, 2.75) is 104 Å². The number of hydrogen-bond acceptors (Lipinski definition) is 5. The Morgan fingerprint density at radius 2 is 1.51 bits per heavy atom. The number of carbonyl (C=O) groups is 2. The van der Waals surface area contributed by atoms with Crippen molar-refractivity contribution in [3.05, 3.63) is 71.8 Å². The van der Waals surface area contributed by atoms with Gasteiger partial charge in [-0.25, -0.2) is 0 Å². The topological polar surface area (TPSA) is 71.1 Å². The van der Waals surface area contributed by atoms with E-state index < -0.39 is 0 Å². The molecule has 0 radical (unpaired) electrons. The van der Waals surface area contributed by atoms with Crippen molar-refractivity contribution in [3.63, 3.8) is 0 Å². The maximum Gasteiger partial charge on any atom is 0.242 e. The van der Waals surface area contributed by atoms with Gasteiger partial charge in [0.15, 0.2) is 0 Å². The highest BCUT2D eigenvalue weighted by Crippen LogP contribution is 2.61. The van der Waals surface area contributed by atoms with Crippen LogP contribution in [0.5, 0.6) is 5.75 Å². The molecular formula is C42H59N3O4. The number of piperazine rings is 1. The zero-order chi connectivity index (χ0) is 34.1. The lowest BCUT2D eigenvalue weighted by Crippen LogP contribution is -2.51. The molecule has 0 aromatic heterocycles. The fourth-order valence-corrected chi connectivity index (χ4v) is 9.48. The first-order chi connectivity index (χ1) is 23.9. The zero-order valence-electron chi connectivity index (χ0n) is 29.9. The van der Waals surface area contributed by atoms with Crippen molar-refractivity contribution in [2.24, 2.45) is 23.2 Å². The molecule has 1 saturated heterocycles. The van der Waals surface area contributed by atoms with Crippen LogP contribution in [0.15, 0.2) is 55.1 Å². The lowest BCUT2D eigenvalue weighted by molar-refractivity contribution is -0.136. The Balaban J connectivity index is 0.888. The fourth-order valence-electron chi connectivity index (χ4n) is 9.48. The molecular weight excluding hydrogens is 610 g/mol. The van der Waals surface area contributed by atoms with Crippen LogP contribution in [0.4, 0.5) is 0 Å². The van der Waals surface area contributed by atoms with Crippen LogP contribution in [-0.4, -0.2) is 60.9 Å². The van der Waals surface area contributed by atoms with E-state index in [1.165, 1.54) is 70.6 Å². The number of para-hydroxylation sites is 1. The summed E-state index contributed by atoms with van der Waals surface area (Å²) in [5.74, 6) is 4.21. The summed E-state index contributed by atoms with van der Waals surface area (Å²) in [6.45, 7) is 11.4.